The highest BCUT2D eigenvalue weighted by Crippen LogP contribution is 2.27. The van der Waals surface area contributed by atoms with E-state index in [2.05, 4.69) is 5.32 Å². The predicted octanol–water partition coefficient (Wildman–Crippen LogP) is 6.19. The Labute approximate surface area is 250 Å². The minimum atomic E-state index is -4.23. The molecule has 0 aromatic heterocycles. The molecule has 1 aliphatic rings. The summed E-state index contributed by atoms with van der Waals surface area (Å²) < 4.78 is 42.1. The van der Waals surface area contributed by atoms with Crippen LogP contribution in [0.2, 0.25) is 10.0 Å². The molecule has 0 unspecified atom stereocenters. The third-order valence-electron chi connectivity index (χ3n) is 7.20. The summed E-state index contributed by atoms with van der Waals surface area (Å²) in [5, 5.41) is 3.77. The monoisotopic (exact) mass is 619 g/mol. The zero-order valence-corrected chi connectivity index (χ0v) is 24.9. The zero-order valence-electron chi connectivity index (χ0n) is 22.6. The van der Waals surface area contributed by atoms with Gasteiger partial charge in [0.1, 0.15) is 18.4 Å². The van der Waals surface area contributed by atoms with Crippen molar-refractivity contribution < 1.29 is 22.4 Å². The van der Waals surface area contributed by atoms with E-state index < -0.39 is 34.3 Å². The van der Waals surface area contributed by atoms with Gasteiger partial charge < -0.3 is 10.2 Å². The molecule has 1 fully saturated rings. The molecular weight excluding hydrogens is 588 g/mol. The Morgan fingerprint density at radius 2 is 1.63 bits per heavy atom. The van der Waals surface area contributed by atoms with Gasteiger partial charge in [0.2, 0.25) is 11.8 Å². The summed E-state index contributed by atoms with van der Waals surface area (Å²) in [6, 6.07) is 16.4. The molecule has 11 heteroatoms. The van der Waals surface area contributed by atoms with Gasteiger partial charge >= 0.3 is 0 Å². The number of benzene rings is 3. The van der Waals surface area contributed by atoms with E-state index >= 15 is 0 Å². The van der Waals surface area contributed by atoms with Crippen molar-refractivity contribution in [3.05, 3.63) is 94.2 Å². The van der Waals surface area contributed by atoms with Gasteiger partial charge in [0.05, 0.1) is 10.6 Å². The van der Waals surface area contributed by atoms with Crippen LogP contribution in [0.1, 0.15) is 44.6 Å². The van der Waals surface area contributed by atoms with Crippen molar-refractivity contribution >= 4 is 50.7 Å². The topological polar surface area (TPSA) is 86.8 Å². The van der Waals surface area contributed by atoms with Gasteiger partial charge in [-0.3, -0.25) is 13.9 Å². The number of sulfonamides is 1. The first-order valence-electron chi connectivity index (χ1n) is 13.4. The van der Waals surface area contributed by atoms with Crippen molar-refractivity contribution in [2.45, 2.75) is 62.6 Å². The maximum atomic E-state index is 14.0. The minimum absolute atomic E-state index is 0.0175. The van der Waals surface area contributed by atoms with Crippen molar-refractivity contribution in [2.24, 2.45) is 0 Å². The predicted molar refractivity (Wildman–Crippen MR) is 159 cm³/mol. The largest absolute Gasteiger partial charge is 0.352 e. The van der Waals surface area contributed by atoms with Crippen LogP contribution in [0.4, 0.5) is 10.1 Å². The molecule has 0 bridgehead atoms. The first-order valence-corrected chi connectivity index (χ1v) is 15.6. The molecule has 1 aliphatic carbocycles. The average molecular weight is 621 g/mol. The average Bonchev–Trinajstić information content (AvgIpc) is 2.96. The smallest absolute Gasteiger partial charge is 0.264 e. The number of nitrogens with one attached hydrogen (secondary N) is 1. The molecule has 0 radical (unpaired) electrons. The van der Waals surface area contributed by atoms with Crippen molar-refractivity contribution in [2.75, 3.05) is 10.8 Å². The number of hydrogen-bond acceptors (Lipinski definition) is 4. The molecule has 3 aromatic rings. The molecule has 41 heavy (non-hydrogen) atoms. The van der Waals surface area contributed by atoms with E-state index in [0.717, 1.165) is 48.5 Å². The maximum Gasteiger partial charge on any atom is 0.264 e. The fourth-order valence-corrected chi connectivity index (χ4v) is 6.74. The van der Waals surface area contributed by atoms with Gasteiger partial charge in [0.15, 0.2) is 0 Å². The lowest BCUT2D eigenvalue weighted by Gasteiger charge is -2.33. The lowest BCUT2D eigenvalue weighted by Crippen LogP contribution is -2.53. The fraction of sp³-hybridized carbons (Fsp3) is 0.333. The number of halogens is 3. The first-order chi connectivity index (χ1) is 19.6. The molecule has 1 atom stereocenters. The molecule has 7 nitrogen and oxygen atoms in total. The molecular formula is C30H32Cl2FN3O4S. The molecule has 218 valence electrons. The van der Waals surface area contributed by atoms with Crippen molar-refractivity contribution in [1.29, 1.82) is 0 Å². The maximum absolute atomic E-state index is 14.0. The quantitative estimate of drug-likeness (QED) is 0.293. The van der Waals surface area contributed by atoms with Crippen LogP contribution in [0.5, 0.6) is 0 Å². The molecule has 4 rings (SSSR count). The number of amides is 2. The van der Waals surface area contributed by atoms with Crippen LogP contribution < -0.4 is 9.62 Å². The molecule has 0 spiro atoms. The summed E-state index contributed by atoms with van der Waals surface area (Å²) in [6.45, 7) is 0.916. The Hall–Kier alpha value is -3.14. The summed E-state index contributed by atoms with van der Waals surface area (Å²) in [4.78, 5) is 28.6. The Balaban J connectivity index is 1.68. The van der Waals surface area contributed by atoms with Gasteiger partial charge in [-0.05, 0) is 73.9 Å². The highest BCUT2D eigenvalue weighted by atomic mass is 35.5. The second-order valence-corrected chi connectivity index (χ2v) is 12.8. The van der Waals surface area contributed by atoms with E-state index in [4.69, 9.17) is 23.2 Å². The van der Waals surface area contributed by atoms with E-state index in [-0.39, 0.29) is 29.1 Å². The van der Waals surface area contributed by atoms with E-state index in [0.29, 0.717) is 15.6 Å². The van der Waals surface area contributed by atoms with Gasteiger partial charge in [-0.1, -0.05) is 66.7 Å². The van der Waals surface area contributed by atoms with Crippen molar-refractivity contribution in [1.82, 2.24) is 10.2 Å². The molecule has 3 aromatic carbocycles. The second-order valence-electron chi connectivity index (χ2n) is 10.1. The van der Waals surface area contributed by atoms with Crippen LogP contribution in [0.15, 0.2) is 77.7 Å². The van der Waals surface area contributed by atoms with Gasteiger partial charge in [-0.2, -0.15) is 0 Å². The lowest BCUT2D eigenvalue weighted by molar-refractivity contribution is -0.139. The van der Waals surface area contributed by atoms with Gasteiger partial charge in [-0.25, -0.2) is 12.8 Å². The Kier molecular flexibility index (Phi) is 10.3. The Morgan fingerprint density at radius 3 is 2.27 bits per heavy atom. The number of carbonyl (C=O) groups excluding carboxylic acids is 2. The third kappa shape index (κ3) is 7.78. The zero-order chi connectivity index (χ0) is 29.6. The summed E-state index contributed by atoms with van der Waals surface area (Å²) >= 11 is 12.5. The van der Waals surface area contributed by atoms with E-state index in [1.807, 2.05) is 0 Å². The van der Waals surface area contributed by atoms with Crippen molar-refractivity contribution in [3.63, 3.8) is 0 Å². The van der Waals surface area contributed by atoms with E-state index in [1.165, 1.54) is 29.2 Å². The molecule has 1 saturated carbocycles. The number of carbonyl (C=O) groups is 2. The highest BCUT2D eigenvalue weighted by molar-refractivity contribution is 7.92. The Bertz CT molecular complexity index is 1470. The number of anilines is 1. The van der Waals surface area contributed by atoms with Crippen LogP contribution >= 0.6 is 23.2 Å². The number of nitrogens with zero attached hydrogens (tertiary/aromatic N) is 2. The summed E-state index contributed by atoms with van der Waals surface area (Å²) in [6.07, 6.45) is 4.89. The van der Waals surface area contributed by atoms with E-state index in [9.17, 15) is 22.4 Å². The number of rotatable bonds is 10. The van der Waals surface area contributed by atoms with Crippen LogP contribution in [0, 0.1) is 5.82 Å². The van der Waals surface area contributed by atoms with Gasteiger partial charge in [0.25, 0.3) is 10.0 Å². The third-order valence-corrected chi connectivity index (χ3v) is 9.57. The summed E-state index contributed by atoms with van der Waals surface area (Å²) in [7, 11) is -4.23. The van der Waals surface area contributed by atoms with Gasteiger partial charge in [0, 0.05) is 22.6 Å². The highest BCUT2D eigenvalue weighted by Gasteiger charge is 2.33. The SMILES string of the molecule is C[C@H](C(=O)NC1CCCCC1)N(Cc1ccc(Cl)cc1Cl)C(=O)CN(c1ccc(F)cc1)S(=O)(=O)c1ccccc1. The summed E-state index contributed by atoms with van der Waals surface area (Å²) in [5.41, 5.74) is 0.647. The van der Waals surface area contributed by atoms with Crippen molar-refractivity contribution in [3.8, 4) is 0 Å². The molecule has 1 N–H and O–H groups in total. The molecule has 0 aliphatic heterocycles. The van der Waals surface area contributed by atoms with Crippen LogP contribution in [0.3, 0.4) is 0 Å². The van der Waals surface area contributed by atoms with E-state index in [1.54, 1.807) is 43.3 Å². The number of hydrogen-bond donors (Lipinski definition) is 1. The lowest BCUT2D eigenvalue weighted by atomic mass is 9.95. The summed E-state index contributed by atoms with van der Waals surface area (Å²) in [5.74, 6) is -1.52. The standard InChI is InChI=1S/C30H32Cl2FN3O4S/c1-21(30(38)34-25-8-4-2-5-9-25)35(19-22-12-13-23(31)18-28(22)32)29(37)20-36(26-16-14-24(33)15-17-26)41(39,40)27-10-6-3-7-11-27/h3,6-7,10-18,21,25H,2,4-5,8-9,19-20H2,1H3,(H,34,38)/t21-/m1/s1. The van der Waals surface area contributed by atoms with Crippen LogP contribution in [-0.2, 0) is 26.2 Å². The fourth-order valence-electron chi connectivity index (χ4n) is 4.84. The molecule has 0 heterocycles. The minimum Gasteiger partial charge on any atom is -0.352 e. The van der Waals surface area contributed by atoms with Crippen LogP contribution in [-0.4, -0.2) is 43.8 Å². The normalized spacial score (nSPS) is 14.7. The second kappa shape index (κ2) is 13.7. The Morgan fingerprint density at radius 1 is 0.976 bits per heavy atom. The molecule has 0 saturated heterocycles. The van der Waals surface area contributed by atoms with Crippen LogP contribution in [0.25, 0.3) is 0 Å². The molecule has 2 amide bonds. The first kappa shape index (κ1) is 30.8. The van der Waals surface area contributed by atoms with Gasteiger partial charge in [-0.15, -0.1) is 0 Å².